The molecule has 2 heterocycles. The summed E-state index contributed by atoms with van der Waals surface area (Å²) in [5.41, 5.74) is 3.65. The van der Waals surface area contributed by atoms with E-state index < -0.39 is 4.92 Å². The Bertz CT molecular complexity index is 1210. The third-order valence-electron chi connectivity index (χ3n) is 6.63. The number of aromatic nitrogens is 1. The molecular formula is C27H31N5O3. The van der Waals surface area contributed by atoms with Crippen molar-refractivity contribution in [3.8, 4) is 0 Å². The van der Waals surface area contributed by atoms with E-state index >= 15 is 0 Å². The van der Waals surface area contributed by atoms with E-state index in [0.717, 1.165) is 25.2 Å². The van der Waals surface area contributed by atoms with Crippen LogP contribution in [0.15, 0.2) is 66.9 Å². The second-order valence-electron chi connectivity index (χ2n) is 9.55. The molecule has 8 heteroatoms. The Morgan fingerprint density at radius 3 is 2.60 bits per heavy atom. The first-order valence-corrected chi connectivity index (χ1v) is 11.8. The molecule has 0 saturated carbocycles. The fraction of sp³-hybridized carbons (Fsp3) is 0.333. The zero-order valence-corrected chi connectivity index (χ0v) is 20.3. The Labute approximate surface area is 205 Å². The molecule has 35 heavy (non-hydrogen) atoms. The van der Waals surface area contributed by atoms with Crippen LogP contribution in [0.1, 0.15) is 54.0 Å². The molecule has 1 amide bonds. The Balaban J connectivity index is 1.42. The Kier molecular flexibility index (Phi) is 7.12. The van der Waals surface area contributed by atoms with E-state index in [0.29, 0.717) is 12.2 Å². The van der Waals surface area contributed by atoms with Crippen LogP contribution in [-0.2, 0) is 13.0 Å². The van der Waals surface area contributed by atoms with Gasteiger partial charge in [0, 0.05) is 43.0 Å². The second kappa shape index (κ2) is 10.2. The number of nitrogens with zero attached hydrogens (tertiary/aromatic N) is 3. The van der Waals surface area contributed by atoms with Gasteiger partial charge in [0.1, 0.15) is 5.69 Å². The first-order valence-electron chi connectivity index (χ1n) is 11.8. The number of rotatable bonds is 8. The van der Waals surface area contributed by atoms with Gasteiger partial charge in [-0.05, 0) is 62.6 Å². The van der Waals surface area contributed by atoms with Crippen molar-refractivity contribution in [2.45, 2.75) is 45.3 Å². The maximum atomic E-state index is 12.9. The van der Waals surface area contributed by atoms with Gasteiger partial charge < -0.3 is 10.6 Å². The average molecular weight is 474 g/mol. The minimum atomic E-state index is -0.473. The molecule has 0 spiro atoms. The van der Waals surface area contributed by atoms with Gasteiger partial charge in [-0.2, -0.15) is 0 Å². The second-order valence-corrected chi connectivity index (χ2v) is 9.55. The van der Waals surface area contributed by atoms with Crippen molar-refractivity contribution in [1.29, 1.82) is 0 Å². The molecule has 182 valence electrons. The lowest BCUT2D eigenvalue weighted by atomic mass is 9.94. The Morgan fingerprint density at radius 1 is 1.14 bits per heavy atom. The summed E-state index contributed by atoms with van der Waals surface area (Å²) in [4.78, 5) is 30.9. The summed E-state index contributed by atoms with van der Waals surface area (Å²) in [6.45, 7) is 8.27. The smallest absolute Gasteiger partial charge is 0.293 e. The van der Waals surface area contributed by atoms with Crippen LogP contribution in [0.25, 0.3) is 0 Å². The van der Waals surface area contributed by atoms with Gasteiger partial charge >= 0.3 is 0 Å². The topological polar surface area (TPSA) is 100 Å². The maximum Gasteiger partial charge on any atom is 0.293 e. The lowest BCUT2D eigenvalue weighted by molar-refractivity contribution is -0.384. The van der Waals surface area contributed by atoms with Crippen molar-refractivity contribution in [2.24, 2.45) is 0 Å². The van der Waals surface area contributed by atoms with E-state index in [1.807, 2.05) is 25.1 Å². The number of anilines is 1. The molecule has 1 aliphatic rings. The van der Waals surface area contributed by atoms with Gasteiger partial charge in [-0.25, -0.2) is 0 Å². The number of fused-ring (bicyclic) bond motifs is 1. The van der Waals surface area contributed by atoms with Crippen LogP contribution in [-0.4, -0.2) is 39.3 Å². The van der Waals surface area contributed by atoms with Crippen LogP contribution in [0.2, 0.25) is 0 Å². The SMILES string of the molecule is CC(Nc1ccc(C(=O)NCC(C)(C)N2CCc3ccccc3C2)cc1[N+](=O)[O-])c1ccccn1. The molecule has 4 rings (SSSR count). The summed E-state index contributed by atoms with van der Waals surface area (Å²) in [6, 6.07) is 18.3. The number of nitro benzene ring substituents is 1. The first-order chi connectivity index (χ1) is 16.7. The molecule has 2 aromatic carbocycles. The predicted molar refractivity (Wildman–Crippen MR) is 136 cm³/mol. The number of amides is 1. The summed E-state index contributed by atoms with van der Waals surface area (Å²) in [6.07, 6.45) is 2.66. The number of hydrogen-bond acceptors (Lipinski definition) is 6. The monoisotopic (exact) mass is 473 g/mol. The molecule has 1 aromatic heterocycles. The summed E-state index contributed by atoms with van der Waals surface area (Å²) < 4.78 is 0. The number of nitrogens with one attached hydrogen (secondary N) is 2. The lowest BCUT2D eigenvalue weighted by Gasteiger charge is -2.41. The van der Waals surface area contributed by atoms with Gasteiger partial charge in [0.25, 0.3) is 11.6 Å². The Hall–Kier alpha value is -3.78. The zero-order chi connectivity index (χ0) is 25.0. The molecule has 0 fully saturated rings. The molecule has 1 aliphatic heterocycles. The standard InChI is InChI=1S/C27H31N5O3/c1-19(23-10-6-7-14-28-23)30-24-12-11-21(16-25(24)32(34)35)26(33)29-18-27(2,3)31-15-13-20-8-4-5-9-22(20)17-31/h4-12,14,16,19,30H,13,15,17-18H2,1-3H3,(H,29,33). The highest BCUT2D eigenvalue weighted by Crippen LogP contribution is 2.29. The van der Waals surface area contributed by atoms with Crippen LogP contribution in [0.5, 0.6) is 0 Å². The summed E-state index contributed by atoms with van der Waals surface area (Å²) in [5.74, 6) is -0.331. The van der Waals surface area contributed by atoms with E-state index in [9.17, 15) is 14.9 Å². The van der Waals surface area contributed by atoms with Crippen molar-refractivity contribution in [2.75, 3.05) is 18.4 Å². The third-order valence-corrected chi connectivity index (χ3v) is 6.63. The predicted octanol–water partition coefficient (Wildman–Crippen LogP) is 4.73. The summed E-state index contributed by atoms with van der Waals surface area (Å²) >= 11 is 0. The van der Waals surface area contributed by atoms with E-state index in [4.69, 9.17) is 0 Å². The number of carbonyl (C=O) groups is 1. The number of hydrogen-bond donors (Lipinski definition) is 2. The van der Waals surface area contributed by atoms with Crippen LogP contribution >= 0.6 is 0 Å². The van der Waals surface area contributed by atoms with E-state index in [-0.39, 0.29) is 28.7 Å². The molecule has 8 nitrogen and oxygen atoms in total. The fourth-order valence-corrected chi connectivity index (χ4v) is 4.41. The van der Waals surface area contributed by atoms with E-state index in [1.54, 1.807) is 18.3 Å². The largest absolute Gasteiger partial charge is 0.371 e. The van der Waals surface area contributed by atoms with Gasteiger partial charge in [0.05, 0.1) is 16.7 Å². The zero-order valence-electron chi connectivity index (χ0n) is 20.3. The van der Waals surface area contributed by atoms with Gasteiger partial charge in [-0.1, -0.05) is 30.3 Å². The van der Waals surface area contributed by atoms with Crippen molar-refractivity contribution in [1.82, 2.24) is 15.2 Å². The highest BCUT2D eigenvalue weighted by Gasteiger charge is 2.30. The van der Waals surface area contributed by atoms with Gasteiger partial charge in [0.2, 0.25) is 0 Å². The van der Waals surface area contributed by atoms with Crippen LogP contribution in [0, 0.1) is 10.1 Å². The van der Waals surface area contributed by atoms with Crippen LogP contribution < -0.4 is 10.6 Å². The van der Waals surface area contributed by atoms with Gasteiger partial charge in [-0.15, -0.1) is 0 Å². The molecule has 0 aliphatic carbocycles. The normalized spacial score (nSPS) is 14.6. The third kappa shape index (κ3) is 5.66. The molecule has 1 atom stereocenters. The number of pyridine rings is 1. The molecule has 3 aromatic rings. The number of nitro groups is 1. The highest BCUT2D eigenvalue weighted by molar-refractivity contribution is 5.95. The lowest BCUT2D eigenvalue weighted by Crippen LogP contribution is -2.53. The van der Waals surface area contributed by atoms with Crippen molar-refractivity contribution in [3.63, 3.8) is 0 Å². The minimum absolute atomic E-state index is 0.146. The van der Waals surface area contributed by atoms with Crippen molar-refractivity contribution >= 4 is 17.3 Å². The maximum absolute atomic E-state index is 12.9. The quantitative estimate of drug-likeness (QED) is 0.362. The van der Waals surface area contributed by atoms with Gasteiger partial charge in [0.15, 0.2) is 0 Å². The van der Waals surface area contributed by atoms with Crippen molar-refractivity contribution in [3.05, 3.63) is 99.4 Å². The first kappa shape index (κ1) is 24.3. The summed E-state index contributed by atoms with van der Waals surface area (Å²) in [7, 11) is 0. The molecule has 2 N–H and O–H groups in total. The average Bonchev–Trinajstić information content (AvgIpc) is 2.87. The van der Waals surface area contributed by atoms with Crippen LogP contribution in [0.4, 0.5) is 11.4 Å². The molecule has 0 radical (unpaired) electrons. The molecule has 1 unspecified atom stereocenters. The Morgan fingerprint density at radius 2 is 1.89 bits per heavy atom. The summed E-state index contributed by atoms with van der Waals surface area (Å²) in [5, 5.41) is 17.9. The molecule has 0 saturated heterocycles. The molecule has 0 bridgehead atoms. The van der Waals surface area contributed by atoms with E-state index in [2.05, 4.69) is 58.6 Å². The van der Waals surface area contributed by atoms with Gasteiger partial charge in [-0.3, -0.25) is 24.8 Å². The van der Waals surface area contributed by atoms with Crippen molar-refractivity contribution < 1.29 is 9.72 Å². The molecular weight excluding hydrogens is 442 g/mol. The highest BCUT2D eigenvalue weighted by atomic mass is 16.6. The number of benzene rings is 2. The number of carbonyl (C=O) groups excluding carboxylic acids is 1. The van der Waals surface area contributed by atoms with E-state index in [1.165, 1.54) is 17.2 Å². The fourth-order valence-electron chi connectivity index (χ4n) is 4.41. The van der Waals surface area contributed by atoms with Crippen LogP contribution in [0.3, 0.4) is 0 Å². The minimum Gasteiger partial charge on any atom is -0.371 e.